The first-order valence-corrected chi connectivity index (χ1v) is 7.54. The summed E-state index contributed by atoms with van der Waals surface area (Å²) < 4.78 is 9.90. The fourth-order valence-electron chi connectivity index (χ4n) is 1.78. The monoisotopic (exact) mass is 342 g/mol. The zero-order valence-corrected chi connectivity index (χ0v) is 13.3. The van der Waals surface area contributed by atoms with E-state index in [1.807, 2.05) is 30.3 Å². The van der Waals surface area contributed by atoms with Gasteiger partial charge in [0.25, 0.3) is 0 Å². The predicted octanol–water partition coefficient (Wildman–Crippen LogP) is 3.26. The van der Waals surface area contributed by atoms with Crippen molar-refractivity contribution in [1.82, 2.24) is 0 Å². The molecule has 0 saturated heterocycles. The number of rotatable bonds is 7. The second-order valence-electron chi connectivity index (χ2n) is 4.17. The smallest absolute Gasteiger partial charge is 0.320 e. The van der Waals surface area contributed by atoms with Gasteiger partial charge in [-0.2, -0.15) is 0 Å². The van der Waals surface area contributed by atoms with Crippen LogP contribution in [0.2, 0.25) is 0 Å². The fraction of sp³-hybridized carbons (Fsp3) is 0.467. The largest absolute Gasteiger partial charge is 0.465 e. The van der Waals surface area contributed by atoms with Gasteiger partial charge in [0.05, 0.1) is 13.2 Å². The minimum Gasteiger partial charge on any atom is -0.465 e. The summed E-state index contributed by atoms with van der Waals surface area (Å²) >= 11 is 3.51. The van der Waals surface area contributed by atoms with Crippen molar-refractivity contribution in [1.29, 1.82) is 0 Å². The molecular weight excluding hydrogens is 324 g/mol. The number of hydrogen-bond acceptors (Lipinski definition) is 4. The Labute approximate surface area is 127 Å². The molecule has 0 heterocycles. The number of benzene rings is 1. The molecule has 0 N–H and O–H groups in total. The minimum atomic E-state index is -0.903. The van der Waals surface area contributed by atoms with Crippen molar-refractivity contribution in [2.45, 2.75) is 25.1 Å². The highest BCUT2D eigenvalue weighted by molar-refractivity contribution is 9.09. The number of esters is 2. The Balaban J connectivity index is 2.78. The molecule has 0 radical (unpaired) electrons. The lowest BCUT2D eigenvalue weighted by Crippen LogP contribution is -2.29. The van der Waals surface area contributed by atoms with E-state index in [-0.39, 0.29) is 18.0 Å². The van der Waals surface area contributed by atoms with Gasteiger partial charge in [0, 0.05) is 4.83 Å². The first kappa shape index (κ1) is 16.7. The van der Waals surface area contributed by atoms with E-state index in [9.17, 15) is 9.59 Å². The zero-order valence-electron chi connectivity index (χ0n) is 11.7. The van der Waals surface area contributed by atoms with Crippen molar-refractivity contribution in [2.75, 3.05) is 13.2 Å². The van der Waals surface area contributed by atoms with E-state index in [0.29, 0.717) is 6.42 Å². The molecule has 0 aromatic heterocycles. The zero-order chi connectivity index (χ0) is 15.0. The van der Waals surface area contributed by atoms with Gasteiger partial charge in [-0.25, -0.2) is 0 Å². The quantitative estimate of drug-likeness (QED) is 0.433. The van der Waals surface area contributed by atoms with E-state index in [2.05, 4.69) is 15.9 Å². The molecule has 1 aromatic rings. The minimum absolute atomic E-state index is 0.109. The van der Waals surface area contributed by atoms with Crippen molar-refractivity contribution in [2.24, 2.45) is 5.92 Å². The van der Waals surface area contributed by atoms with E-state index in [1.165, 1.54) is 0 Å². The molecule has 0 aliphatic heterocycles. The van der Waals surface area contributed by atoms with Crippen molar-refractivity contribution in [3.63, 3.8) is 0 Å². The molecule has 0 amide bonds. The van der Waals surface area contributed by atoms with Crippen molar-refractivity contribution < 1.29 is 19.1 Å². The van der Waals surface area contributed by atoms with Crippen LogP contribution in [0.25, 0.3) is 0 Å². The highest BCUT2D eigenvalue weighted by atomic mass is 79.9. The topological polar surface area (TPSA) is 52.6 Å². The fourth-order valence-corrected chi connectivity index (χ4v) is 2.46. The molecule has 0 fully saturated rings. The molecule has 1 aromatic carbocycles. The summed E-state index contributed by atoms with van der Waals surface area (Å²) in [5.74, 6) is -1.97. The van der Waals surface area contributed by atoms with Crippen LogP contribution >= 0.6 is 15.9 Å². The normalized spacial score (nSPS) is 12.0. The lowest BCUT2D eigenvalue weighted by atomic mass is 9.99. The van der Waals surface area contributed by atoms with E-state index >= 15 is 0 Å². The maximum Gasteiger partial charge on any atom is 0.320 e. The van der Waals surface area contributed by atoms with Crippen LogP contribution in [0, 0.1) is 5.92 Å². The van der Waals surface area contributed by atoms with Gasteiger partial charge in [-0.05, 0) is 25.8 Å². The molecule has 0 spiro atoms. The van der Waals surface area contributed by atoms with E-state index in [4.69, 9.17) is 9.47 Å². The maximum atomic E-state index is 11.9. The lowest BCUT2D eigenvalue weighted by molar-refractivity contribution is -0.161. The average Bonchev–Trinajstić information content (AvgIpc) is 2.45. The van der Waals surface area contributed by atoms with E-state index in [1.54, 1.807) is 13.8 Å². The standard InChI is InChI=1S/C15H19BrO4/c1-3-19-14(17)12(15(18)20-4-2)10-13(16)11-8-6-5-7-9-11/h5-9,12-13H,3-4,10H2,1-2H3/t13-/m1/s1. The number of alkyl halides is 1. The summed E-state index contributed by atoms with van der Waals surface area (Å²) in [6.45, 7) is 3.91. The SMILES string of the molecule is CCOC(=O)C(C[C@@H](Br)c1ccccc1)C(=O)OCC. The molecular formula is C15H19BrO4. The molecule has 0 aliphatic carbocycles. The molecule has 0 bridgehead atoms. The van der Waals surface area contributed by atoms with Crippen molar-refractivity contribution >= 4 is 27.9 Å². The van der Waals surface area contributed by atoms with Crippen molar-refractivity contribution in [3.8, 4) is 0 Å². The van der Waals surface area contributed by atoms with Crippen LogP contribution in [0.4, 0.5) is 0 Å². The summed E-state index contributed by atoms with van der Waals surface area (Å²) in [6, 6.07) is 9.61. The predicted molar refractivity (Wildman–Crippen MR) is 79.5 cm³/mol. The van der Waals surface area contributed by atoms with Crippen LogP contribution in [0.1, 0.15) is 30.7 Å². The van der Waals surface area contributed by atoms with Gasteiger partial charge < -0.3 is 9.47 Å². The second kappa shape index (κ2) is 8.74. The Bertz CT molecular complexity index is 415. The Kier molecular flexibility index (Phi) is 7.30. The average molecular weight is 343 g/mol. The number of hydrogen-bond donors (Lipinski definition) is 0. The molecule has 110 valence electrons. The van der Waals surface area contributed by atoms with Crippen LogP contribution in [0.15, 0.2) is 30.3 Å². The molecule has 4 nitrogen and oxygen atoms in total. The van der Waals surface area contributed by atoms with Crippen LogP contribution in [0.3, 0.4) is 0 Å². The molecule has 20 heavy (non-hydrogen) atoms. The highest BCUT2D eigenvalue weighted by Crippen LogP contribution is 2.30. The summed E-state index contributed by atoms with van der Waals surface area (Å²) in [6.07, 6.45) is 0.307. The lowest BCUT2D eigenvalue weighted by Gasteiger charge is -2.17. The summed E-state index contributed by atoms with van der Waals surface area (Å²) in [4.78, 5) is 23.7. The van der Waals surface area contributed by atoms with Crippen LogP contribution in [0.5, 0.6) is 0 Å². The van der Waals surface area contributed by atoms with Crippen LogP contribution in [-0.2, 0) is 19.1 Å². The summed E-state index contributed by atoms with van der Waals surface area (Å²) in [7, 11) is 0. The van der Waals surface area contributed by atoms with Gasteiger partial charge in [-0.3, -0.25) is 9.59 Å². The third-order valence-electron chi connectivity index (χ3n) is 2.75. The number of ether oxygens (including phenoxy) is 2. The number of carbonyl (C=O) groups excluding carboxylic acids is 2. The molecule has 0 unspecified atom stereocenters. The first-order chi connectivity index (χ1) is 9.60. The Hall–Kier alpha value is -1.36. The third kappa shape index (κ3) is 4.96. The molecule has 5 heteroatoms. The van der Waals surface area contributed by atoms with Gasteiger partial charge in [0.1, 0.15) is 0 Å². The number of halogens is 1. The van der Waals surface area contributed by atoms with Gasteiger partial charge >= 0.3 is 11.9 Å². The molecule has 0 saturated carbocycles. The molecule has 0 aliphatic rings. The molecule has 1 atom stereocenters. The van der Waals surface area contributed by atoms with Gasteiger partial charge in [-0.1, -0.05) is 46.3 Å². The highest BCUT2D eigenvalue weighted by Gasteiger charge is 2.32. The van der Waals surface area contributed by atoms with E-state index < -0.39 is 17.9 Å². The van der Waals surface area contributed by atoms with E-state index in [0.717, 1.165) is 5.56 Å². The van der Waals surface area contributed by atoms with Crippen LogP contribution < -0.4 is 0 Å². The Morgan fingerprint density at radius 2 is 1.55 bits per heavy atom. The van der Waals surface area contributed by atoms with Gasteiger partial charge in [-0.15, -0.1) is 0 Å². The summed E-state index contributed by atoms with van der Waals surface area (Å²) in [5, 5.41) is 0. The van der Waals surface area contributed by atoms with Gasteiger partial charge in [0.15, 0.2) is 5.92 Å². The summed E-state index contributed by atoms with van der Waals surface area (Å²) in [5.41, 5.74) is 1.01. The number of carbonyl (C=O) groups is 2. The van der Waals surface area contributed by atoms with Crippen LogP contribution in [-0.4, -0.2) is 25.2 Å². The maximum absolute atomic E-state index is 11.9. The molecule has 1 rings (SSSR count). The Morgan fingerprint density at radius 1 is 1.05 bits per heavy atom. The van der Waals surface area contributed by atoms with Crippen molar-refractivity contribution in [3.05, 3.63) is 35.9 Å². The first-order valence-electron chi connectivity index (χ1n) is 6.62. The Morgan fingerprint density at radius 3 is 2.00 bits per heavy atom. The third-order valence-corrected chi connectivity index (χ3v) is 3.65. The second-order valence-corrected chi connectivity index (χ2v) is 5.28. The van der Waals surface area contributed by atoms with Gasteiger partial charge in [0.2, 0.25) is 0 Å².